The highest BCUT2D eigenvalue weighted by atomic mass is 32.2. The highest BCUT2D eigenvalue weighted by Crippen LogP contribution is 2.29. The Morgan fingerprint density at radius 1 is 1.29 bits per heavy atom. The van der Waals surface area contributed by atoms with Crippen molar-refractivity contribution in [3.05, 3.63) is 30.1 Å². The fraction of sp³-hybridized carbons (Fsp3) is 0.588. The van der Waals surface area contributed by atoms with Gasteiger partial charge in [0.1, 0.15) is 5.82 Å². The van der Waals surface area contributed by atoms with Gasteiger partial charge in [-0.1, -0.05) is 25.0 Å². The summed E-state index contributed by atoms with van der Waals surface area (Å²) in [7, 11) is 2.12. The van der Waals surface area contributed by atoms with Crippen molar-refractivity contribution in [2.45, 2.75) is 49.9 Å². The van der Waals surface area contributed by atoms with E-state index in [-0.39, 0.29) is 0 Å². The molecule has 1 aromatic carbocycles. The summed E-state index contributed by atoms with van der Waals surface area (Å²) in [5, 5.41) is 4.58. The van der Waals surface area contributed by atoms with E-state index >= 15 is 0 Å². The SMILES string of the molecule is CSC1CCCCC1NC(C)c1nc2ccccc2n1C. The van der Waals surface area contributed by atoms with Gasteiger partial charge in [-0.15, -0.1) is 0 Å². The molecule has 0 spiro atoms. The van der Waals surface area contributed by atoms with Gasteiger partial charge in [0.15, 0.2) is 0 Å². The predicted octanol–water partition coefficient (Wildman–Crippen LogP) is 3.90. The summed E-state index contributed by atoms with van der Waals surface area (Å²) in [5.74, 6) is 1.14. The van der Waals surface area contributed by atoms with Crippen LogP contribution in [0.5, 0.6) is 0 Å². The van der Waals surface area contributed by atoms with Gasteiger partial charge in [0.05, 0.1) is 17.1 Å². The minimum atomic E-state index is 0.292. The third-order valence-corrected chi connectivity index (χ3v) is 5.85. The number of aromatic nitrogens is 2. The van der Waals surface area contributed by atoms with Crippen LogP contribution in [0.4, 0.5) is 0 Å². The molecule has 3 atom stereocenters. The normalized spacial score (nSPS) is 24.3. The van der Waals surface area contributed by atoms with E-state index in [0.717, 1.165) is 16.6 Å². The number of fused-ring (bicyclic) bond motifs is 1. The summed E-state index contributed by atoms with van der Waals surface area (Å²) < 4.78 is 2.23. The molecule has 3 unspecified atom stereocenters. The molecule has 0 saturated heterocycles. The molecule has 1 aliphatic rings. The van der Waals surface area contributed by atoms with Crippen LogP contribution >= 0.6 is 11.8 Å². The van der Waals surface area contributed by atoms with Crippen molar-refractivity contribution < 1.29 is 0 Å². The number of benzene rings is 1. The van der Waals surface area contributed by atoms with E-state index < -0.39 is 0 Å². The highest BCUT2D eigenvalue weighted by molar-refractivity contribution is 7.99. The molecule has 114 valence electrons. The molecule has 0 radical (unpaired) electrons. The first-order valence-corrected chi connectivity index (χ1v) is 9.19. The number of nitrogens with one attached hydrogen (secondary N) is 1. The van der Waals surface area contributed by atoms with Crippen LogP contribution < -0.4 is 5.32 Å². The van der Waals surface area contributed by atoms with Gasteiger partial charge >= 0.3 is 0 Å². The number of hydrogen-bond donors (Lipinski definition) is 1. The molecular formula is C17H25N3S. The Balaban J connectivity index is 1.80. The second kappa shape index (κ2) is 6.41. The van der Waals surface area contributed by atoms with E-state index in [2.05, 4.69) is 54.4 Å². The Morgan fingerprint density at radius 2 is 2.05 bits per heavy atom. The molecule has 1 fully saturated rings. The monoisotopic (exact) mass is 303 g/mol. The maximum absolute atomic E-state index is 4.82. The summed E-state index contributed by atoms with van der Waals surface area (Å²) in [5.41, 5.74) is 2.31. The van der Waals surface area contributed by atoms with Crippen molar-refractivity contribution in [1.82, 2.24) is 14.9 Å². The zero-order valence-corrected chi connectivity index (χ0v) is 14.0. The second-order valence-corrected chi connectivity index (χ2v) is 7.15. The zero-order valence-electron chi connectivity index (χ0n) is 13.2. The lowest BCUT2D eigenvalue weighted by Gasteiger charge is -2.33. The molecule has 1 aromatic heterocycles. The summed E-state index contributed by atoms with van der Waals surface area (Å²) in [6, 6.07) is 9.28. The first kappa shape index (κ1) is 14.9. The van der Waals surface area contributed by atoms with Crippen molar-refractivity contribution in [2.75, 3.05) is 6.26 Å². The minimum Gasteiger partial charge on any atom is -0.330 e. The van der Waals surface area contributed by atoms with Crippen LogP contribution in [0.3, 0.4) is 0 Å². The Kier molecular flexibility index (Phi) is 4.55. The van der Waals surface area contributed by atoms with Crippen LogP contribution in [-0.2, 0) is 7.05 Å². The fourth-order valence-electron chi connectivity index (χ4n) is 3.52. The Morgan fingerprint density at radius 3 is 2.81 bits per heavy atom. The van der Waals surface area contributed by atoms with Crippen molar-refractivity contribution in [3.63, 3.8) is 0 Å². The van der Waals surface area contributed by atoms with E-state index in [0.29, 0.717) is 12.1 Å². The van der Waals surface area contributed by atoms with E-state index in [1.807, 2.05) is 11.8 Å². The predicted molar refractivity (Wildman–Crippen MR) is 91.8 cm³/mol. The number of imidazole rings is 1. The van der Waals surface area contributed by atoms with Crippen molar-refractivity contribution in [2.24, 2.45) is 7.05 Å². The lowest BCUT2D eigenvalue weighted by molar-refractivity contribution is 0.349. The van der Waals surface area contributed by atoms with Gasteiger partial charge in [0.25, 0.3) is 0 Å². The Labute approximate surface area is 131 Å². The van der Waals surface area contributed by atoms with E-state index in [4.69, 9.17) is 4.98 Å². The van der Waals surface area contributed by atoms with Crippen LogP contribution in [0.2, 0.25) is 0 Å². The van der Waals surface area contributed by atoms with Crippen LogP contribution in [0.1, 0.15) is 44.5 Å². The third kappa shape index (κ3) is 2.97. The molecule has 4 heteroatoms. The topological polar surface area (TPSA) is 29.9 Å². The smallest absolute Gasteiger partial charge is 0.126 e. The number of para-hydroxylation sites is 2. The third-order valence-electron chi connectivity index (χ3n) is 4.68. The van der Waals surface area contributed by atoms with Crippen LogP contribution in [0.15, 0.2) is 24.3 Å². The molecule has 0 amide bonds. The standard InChI is InChI=1S/C17H25N3S/c1-12(18-14-9-5-7-11-16(14)21-3)17-19-13-8-4-6-10-15(13)20(17)2/h4,6,8,10,12,14,16,18H,5,7,9,11H2,1-3H3. The van der Waals surface area contributed by atoms with Crippen LogP contribution in [0.25, 0.3) is 11.0 Å². The number of hydrogen-bond acceptors (Lipinski definition) is 3. The Bertz CT molecular complexity index is 607. The summed E-state index contributed by atoms with van der Waals surface area (Å²) in [6.07, 6.45) is 7.60. The van der Waals surface area contributed by atoms with Crippen molar-refractivity contribution in [1.29, 1.82) is 0 Å². The molecule has 2 aromatic rings. The maximum Gasteiger partial charge on any atom is 0.126 e. The maximum atomic E-state index is 4.82. The number of nitrogens with zero attached hydrogens (tertiary/aromatic N) is 2. The molecule has 1 aliphatic carbocycles. The molecule has 1 heterocycles. The summed E-state index contributed by atoms with van der Waals surface area (Å²) in [6.45, 7) is 2.24. The lowest BCUT2D eigenvalue weighted by Crippen LogP contribution is -2.42. The summed E-state index contributed by atoms with van der Waals surface area (Å²) in [4.78, 5) is 4.82. The van der Waals surface area contributed by atoms with Gasteiger partial charge in [-0.3, -0.25) is 0 Å². The van der Waals surface area contributed by atoms with Gasteiger partial charge in [0, 0.05) is 18.3 Å². The highest BCUT2D eigenvalue weighted by Gasteiger charge is 2.26. The van der Waals surface area contributed by atoms with Crippen molar-refractivity contribution >= 4 is 22.8 Å². The number of aryl methyl sites for hydroxylation is 1. The van der Waals surface area contributed by atoms with Crippen molar-refractivity contribution in [3.8, 4) is 0 Å². The second-order valence-electron chi connectivity index (χ2n) is 6.07. The van der Waals surface area contributed by atoms with Gasteiger partial charge in [-0.25, -0.2) is 4.98 Å². The van der Waals surface area contributed by atoms with Crippen LogP contribution in [0, 0.1) is 0 Å². The van der Waals surface area contributed by atoms with Crippen LogP contribution in [-0.4, -0.2) is 27.1 Å². The molecular weight excluding hydrogens is 278 g/mol. The first-order valence-electron chi connectivity index (χ1n) is 7.91. The number of rotatable bonds is 4. The quantitative estimate of drug-likeness (QED) is 0.929. The molecule has 0 aliphatic heterocycles. The van der Waals surface area contributed by atoms with Gasteiger partial charge in [-0.05, 0) is 38.2 Å². The van der Waals surface area contributed by atoms with Gasteiger partial charge < -0.3 is 9.88 Å². The minimum absolute atomic E-state index is 0.292. The average Bonchev–Trinajstić information content (AvgIpc) is 2.85. The number of thioether (sulfide) groups is 1. The summed E-state index contributed by atoms with van der Waals surface area (Å²) >= 11 is 2.01. The average molecular weight is 303 g/mol. The molecule has 1 saturated carbocycles. The van der Waals surface area contributed by atoms with E-state index in [9.17, 15) is 0 Å². The Hall–Kier alpha value is -1.00. The molecule has 3 rings (SSSR count). The zero-order chi connectivity index (χ0) is 14.8. The van der Waals surface area contributed by atoms with E-state index in [1.165, 1.54) is 31.2 Å². The molecule has 0 bridgehead atoms. The molecule has 21 heavy (non-hydrogen) atoms. The molecule has 1 N–H and O–H groups in total. The first-order chi connectivity index (χ1) is 10.2. The van der Waals surface area contributed by atoms with E-state index in [1.54, 1.807) is 0 Å². The van der Waals surface area contributed by atoms with Gasteiger partial charge in [-0.2, -0.15) is 11.8 Å². The largest absolute Gasteiger partial charge is 0.330 e. The molecule has 3 nitrogen and oxygen atoms in total. The fourth-order valence-corrected chi connectivity index (χ4v) is 4.46. The van der Waals surface area contributed by atoms with Gasteiger partial charge in [0.2, 0.25) is 0 Å². The lowest BCUT2D eigenvalue weighted by atomic mass is 9.94.